The smallest absolute Gasteiger partial charge is 0.222 e. The highest BCUT2D eigenvalue weighted by molar-refractivity contribution is 5.85. The Balaban J connectivity index is 0.00000288. The summed E-state index contributed by atoms with van der Waals surface area (Å²) in [6.45, 7) is 3.70. The van der Waals surface area contributed by atoms with E-state index in [4.69, 9.17) is 0 Å². The molecule has 2 unspecified atom stereocenters. The lowest BCUT2D eigenvalue weighted by molar-refractivity contribution is -0.255. The molecule has 25 heavy (non-hydrogen) atoms. The van der Waals surface area contributed by atoms with Crippen LogP contribution in [0.2, 0.25) is 0 Å². The molecule has 0 aliphatic carbocycles. The molecule has 1 fully saturated rings. The van der Waals surface area contributed by atoms with Crippen LogP contribution >= 0.6 is 0 Å². The largest absolute Gasteiger partial charge is 0.545 e. The van der Waals surface area contributed by atoms with Gasteiger partial charge in [-0.15, -0.1) is 0 Å². The van der Waals surface area contributed by atoms with Crippen LogP contribution in [0.25, 0.3) is 0 Å². The first-order valence-corrected chi connectivity index (χ1v) is 8.04. The number of rotatable bonds is 7. The highest BCUT2D eigenvalue weighted by Crippen LogP contribution is 2.27. The number of carboxylic acids is 1. The van der Waals surface area contributed by atoms with E-state index in [0.717, 1.165) is 31.5 Å². The molecular weight excluding hydrogens is 316 g/mol. The molecular formula is C20H31N2O3-. The summed E-state index contributed by atoms with van der Waals surface area (Å²) in [6, 6.07) is 6.80. The number of hydrogen-bond acceptors (Lipinski definition) is 4. The molecule has 1 heterocycles. The predicted molar refractivity (Wildman–Crippen MR) is 101 cm³/mol. The Morgan fingerprint density at radius 2 is 1.96 bits per heavy atom. The maximum atomic E-state index is 11.7. The van der Waals surface area contributed by atoms with Crippen LogP contribution in [0, 0.1) is 5.92 Å². The minimum Gasteiger partial charge on any atom is -0.545 e. The van der Waals surface area contributed by atoms with Gasteiger partial charge >= 0.3 is 0 Å². The van der Waals surface area contributed by atoms with Crippen molar-refractivity contribution in [3.8, 4) is 0 Å². The molecule has 1 saturated heterocycles. The molecule has 140 valence electrons. The minimum atomic E-state index is -1.16. The third-order valence-electron chi connectivity index (χ3n) is 4.56. The van der Waals surface area contributed by atoms with E-state index in [1.54, 1.807) is 19.2 Å². The average molecular weight is 347 g/mol. The van der Waals surface area contributed by atoms with Gasteiger partial charge in [0.15, 0.2) is 0 Å². The number of carbonyl (C=O) groups excluding carboxylic acids is 2. The van der Waals surface area contributed by atoms with Crippen LogP contribution in [-0.4, -0.2) is 43.1 Å². The monoisotopic (exact) mass is 347 g/mol. The SMILES string of the molecule is C.C.CN=CC(CCN1CCCC1=O)C(C)c1ccc(C(=O)[O-])cc1. The Hall–Kier alpha value is -2.17. The fourth-order valence-corrected chi connectivity index (χ4v) is 3.06. The highest BCUT2D eigenvalue weighted by atomic mass is 16.4. The lowest BCUT2D eigenvalue weighted by Crippen LogP contribution is -2.28. The summed E-state index contributed by atoms with van der Waals surface area (Å²) >= 11 is 0. The number of carboxylic acid groups (broad SMARTS) is 1. The van der Waals surface area contributed by atoms with Crippen molar-refractivity contribution in [2.75, 3.05) is 20.1 Å². The highest BCUT2D eigenvalue weighted by Gasteiger charge is 2.23. The zero-order chi connectivity index (χ0) is 16.8. The van der Waals surface area contributed by atoms with Gasteiger partial charge in [-0.1, -0.05) is 46.0 Å². The van der Waals surface area contributed by atoms with E-state index in [0.29, 0.717) is 6.42 Å². The second kappa shape index (κ2) is 10.6. The zero-order valence-corrected chi connectivity index (χ0v) is 13.7. The predicted octanol–water partition coefficient (Wildman–Crippen LogP) is 2.76. The number of amides is 1. The number of likely N-dealkylation sites (tertiary alicyclic amines) is 1. The fraction of sp³-hybridized carbons (Fsp3) is 0.550. The first-order chi connectivity index (χ1) is 11.0. The molecule has 2 atom stereocenters. The molecule has 1 aliphatic rings. The van der Waals surface area contributed by atoms with Crippen LogP contribution < -0.4 is 5.11 Å². The van der Waals surface area contributed by atoms with Gasteiger partial charge in [0.1, 0.15) is 0 Å². The summed E-state index contributed by atoms with van der Waals surface area (Å²) in [5.74, 6) is -0.513. The fourth-order valence-electron chi connectivity index (χ4n) is 3.06. The molecule has 5 nitrogen and oxygen atoms in total. The van der Waals surface area contributed by atoms with Crippen LogP contribution in [0.4, 0.5) is 0 Å². The van der Waals surface area contributed by atoms with Gasteiger partial charge in [-0.05, 0) is 29.9 Å². The van der Waals surface area contributed by atoms with Crippen LogP contribution in [0.3, 0.4) is 0 Å². The first-order valence-electron chi connectivity index (χ1n) is 8.04. The Bertz CT molecular complexity index is 581. The molecule has 0 N–H and O–H groups in total. The maximum absolute atomic E-state index is 11.7. The molecule has 0 radical (unpaired) electrons. The number of benzene rings is 1. The van der Waals surface area contributed by atoms with Gasteiger partial charge < -0.3 is 19.8 Å². The van der Waals surface area contributed by atoms with E-state index in [-0.39, 0.29) is 38.2 Å². The number of hydrogen-bond donors (Lipinski definition) is 0. The number of aromatic carboxylic acids is 1. The van der Waals surface area contributed by atoms with Gasteiger partial charge in [-0.2, -0.15) is 0 Å². The van der Waals surface area contributed by atoms with E-state index in [9.17, 15) is 14.7 Å². The van der Waals surface area contributed by atoms with Crippen LogP contribution in [0.1, 0.15) is 62.9 Å². The van der Waals surface area contributed by atoms with Crippen molar-refractivity contribution >= 4 is 18.1 Å². The first kappa shape index (κ1) is 22.8. The van der Waals surface area contributed by atoms with Crippen LogP contribution in [-0.2, 0) is 4.79 Å². The standard InChI is InChI=1S/C18H24N2O3.2CH4/c1-13(14-5-7-15(8-6-14)18(22)23)16(12-19-2)9-11-20-10-3-4-17(20)21;;/h5-8,12-13,16H,3-4,9-11H2,1-2H3,(H,22,23);2*1H4/p-1. The Morgan fingerprint density at radius 3 is 2.44 bits per heavy atom. The Labute approximate surface area is 151 Å². The van der Waals surface area contributed by atoms with Gasteiger partial charge in [0.25, 0.3) is 0 Å². The van der Waals surface area contributed by atoms with Crippen molar-refractivity contribution in [3.05, 3.63) is 35.4 Å². The van der Waals surface area contributed by atoms with Crippen LogP contribution in [0.15, 0.2) is 29.3 Å². The topological polar surface area (TPSA) is 72.8 Å². The summed E-state index contributed by atoms with van der Waals surface area (Å²) in [5, 5.41) is 10.8. The van der Waals surface area contributed by atoms with E-state index < -0.39 is 5.97 Å². The average Bonchev–Trinajstić information content (AvgIpc) is 2.96. The molecule has 0 aromatic heterocycles. The lowest BCUT2D eigenvalue weighted by atomic mass is 9.85. The van der Waals surface area contributed by atoms with E-state index in [2.05, 4.69) is 11.9 Å². The minimum absolute atomic E-state index is 0. The second-order valence-electron chi connectivity index (χ2n) is 6.04. The second-order valence-corrected chi connectivity index (χ2v) is 6.04. The quantitative estimate of drug-likeness (QED) is 0.712. The Morgan fingerprint density at radius 1 is 1.32 bits per heavy atom. The third kappa shape index (κ3) is 6.00. The van der Waals surface area contributed by atoms with Crippen LogP contribution in [0.5, 0.6) is 0 Å². The van der Waals surface area contributed by atoms with Crippen molar-refractivity contribution in [2.45, 2.75) is 47.0 Å². The molecule has 0 saturated carbocycles. The number of aliphatic imine (C=N–C) groups is 1. The van der Waals surface area contributed by atoms with Gasteiger partial charge in [-0.3, -0.25) is 4.79 Å². The summed E-state index contributed by atoms with van der Waals surface area (Å²) in [5.41, 5.74) is 1.25. The molecule has 0 spiro atoms. The Kier molecular flexibility index (Phi) is 9.72. The van der Waals surface area contributed by atoms with E-state index >= 15 is 0 Å². The normalized spacial score (nSPS) is 16.2. The summed E-state index contributed by atoms with van der Waals surface area (Å²) in [4.78, 5) is 28.6. The molecule has 1 aromatic rings. The van der Waals surface area contributed by atoms with Crippen molar-refractivity contribution in [2.24, 2.45) is 10.9 Å². The third-order valence-corrected chi connectivity index (χ3v) is 4.56. The van der Waals surface area contributed by atoms with Crippen molar-refractivity contribution in [3.63, 3.8) is 0 Å². The molecule has 1 aliphatic heterocycles. The number of nitrogens with zero attached hydrogens (tertiary/aromatic N) is 2. The van der Waals surface area contributed by atoms with E-state index in [1.807, 2.05) is 23.2 Å². The number of carbonyl (C=O) groups is 2. The van der Waals surface area contributed by atoms with Gasteiger partial charge in [0.2, 0.25) is 5.91 Å². The molecule has 1 aromatic carbocycles. The van der Waals surface area contributed by atoms with Crippen molar-refractivity contribution < 1.29 is 14.7 Å². The van der Waals surface area contributed by atoms with E-state index in [1.165, 1.54) is 0 Å². The molecule has 0 bridgehead atoms. The van der Waals surface area contributed by atoms with Gasteiger partial charge in [0.05, 0.1) is 5.97 Å². The zero-order valence-electron chi connectivity index (χ0n) is 13.7. The molecule has 2 rings (SSSR count). The molecule has 1 amide bonds. The maximum Gasteiger partial charge on any atom is 0.222 e. The summed E-state index contributed by atoms with van der Waals surface area (Å²) in [7, 11) is 1.75. The van der Waals surface area contributed by atoms with Crippen molar-refractivity contribution in [1.82, 2.24) is 4.90 Å². The lowest BCUT2D eigenvalue weighted by Gasteiger charge is -2.24. The molecule has 5 heteroatoms. The summed E-state index contributed by atoms with van der Waals surface area (Å²) < 4.78 is 0. The van der Waals surface area contributed by atoms with Gasteiger partial charge in [-0.25, -0.2) is 0 Å². The van der Waals surface area contributed by atoms with Gasteiger partial charge in [0, 0.05) is 38.7 Å². The van der Waals surface area contributed by atoms with Crippen molar-refractivity contribution in [1.29, 1.82) is 0 Å². The summed E-state index contributed by atoms with van der Waals surface area (Å²) in [6.07, 6.45) is 4.39.